The molecule has 0 radical (unpaired) electrons. The number of rotatable bonds is 2. The van der Waals surface area contributed by atoms with Crippen molar-refractivity contribution in [1.82, 2.24) is 15.0 Å². The van der Waals surface area contributed by atoms with E-state index in [1.54, 1.807) is 0 Å². The Morgan fingerprint density at radius 1 is 1.38 bits per heavy atom. The van der Waals surface area contributed by atoms with Crippen LogP contribution in [0.25, 0.3) is 0 Å². The standard InChI is InChI=1S/C8H6F3N3OS/c9-8(10,11)7-14-3-4(16-7)5(15)6-12-1-2-13-6/h1-3,5,15H,(H,12,13). The van der Waals surface area contributed by atoms with Gasteiger partial charge >= 0.3 is 6.18 Å². The van der Waals surface area contributed by atoms with E-state index in [1.807, 2.05) is 0 Å². The number of nitrogens with one attached hydrogen (secondary N) is 1. The van der Waals surface area contributed by atoms with E-state index >= 15 is 0 Å². The molecule has 0 aliphatic rings. The van der Waals surface area contributed by atoms with Crippen LogP contribution in [0.3, 0.4) is 0 Å². The van der Waals surface area contributed by atoms with Gasteiger partial charge < -0.3 is 10.1 Å². The molecule has 8 heteroatoms. The Bertz CT molecular complexity index is 465. The van der Waals surface area contributed by atoms with Gasteiger partial charge in [0, 0.05) is 18.6 Å². The van der Waals surface area contributed by atoms with Gasteiger partial charge in [0.25, 0.3) is 0 Å². The van der Waals surface area contributed by atoms with Crippen molar-refractivity contribution >= 4 is 11.3 Å². The zero-order chi connectivity index (χ0) is 11.8. The highest BCUT2D eigenvalue weighted by Gasteiger charge is 2.35. The first-order chi connectivity index (χ1) is 7.48. The third-order valence-corrected chi connectivity index (χ3v) is 2.91. The third kappa shape index (κ3) is 2.07. The minimum absolute atomic E-state index is 0.0993. The van der Waals surface area contributed by atoms with Crippen molar-refractivity contribution in [3.05, 3.63) is 34.3 Å². The number of thiazole rings is 1. The van der Waals surface area contributed by atoms with Crippen molar-refractivity contribution in [1.29, 1.82) is 0 Å². The molecular weight excluding hydrogens is 243 g/mol. The van der Waals surface area contributed by atoms with E-state index < -0.39 is 17.3 Å². The molecule has 16 heavy (non-hydrogen) atoms. The fourth-order valence-corrected chi connectivity index (χ4v) is 1.88. The summed E-state index contributed by atoms with van der Waals surface area (Å²) in [7, 11) is 0. The summed E-state index contributed by atoms with van der Waals surface area (Å²) in [5, 5.41) is 8.69. The zero-order valence-electron chi connectivity index (χ0n) is 7.69. The average molecular weight is 249 g/mol. The fraction of sp³-hybridized carbons (Fsp3) is 0.250. The normalized spacial score (nSPS) is 14.0. The molecule has 2 heterocycles. The second-order valence-electron chi connectivity index (χ2n) is 2.94. The first-order valence-electron chi connectivity index (χ1n) is 4.19. The quantitative estimate of drug-likeness (QED) is 0.855. The summed E-state index contributed by atoms with van der Waals surface area (Å²) in [4.78, 5) is 9.69. The van der Waals surface area contributed by atoms with Crippen molar-refractivity contribution in [2.75, 3.05) is 0 Å². The number of imidazole rings is 1. The molecule has 4 nitrogen and oxygen atoms in total. The predicted octanol–water partition coefficient (Wildman–Crippen LogP) is 1.97. The number of aliphatic hydroxyl groups excluding tert-OH is 1. The van der Waals surface area contributed by atoms with Crippen LogP contribution in [0.1, 0.15) is 21.8 Å². The molecule has 0 fully saturated rings. The molecular formula is C8H6F3N3OS. The molecule has 0 spiro atoms. The van der Waals surface area contributed by atoms with E-state index in [4.69, 9.17) is 0 Å². The summed E-state index contributed by atoms with van der Waals surface area (Å²) in [6.45, 7) is 0. The van der Waals surface area contributed by atoms with Gasteiger partial charge in [0.05, 0.1) is 4.88 Å². The molecule has 2 rings (SSSR count). The predicted molar refractivity (Wildman–Crippen MR) is 49.8 cm³/mol. The van der Waals surface area contributed by atoms with Gasteiger partial charge in [-0.15, -0.1) is 11.3 Å². The maximum absolute atomic E-state index is 12.2. The number of hydrogen-bond donors (Lipinski definition) is 2. The van der Waals surface area contributed by atoms with E-state index in [0.29, 0.717) is 11.3 Å². The van der Waals surface area contributed by atoms with Gasteiger partial charge in [0.15, 0.2) is 5.01 Å². The van der Waals surface area contributed by atoms with Crippen LogP contribution in [-0.2, 0) is 6.18 Å². The Balaban J connectivity index is 2.26. The lowest BCUT2D eigenvalue weighted by Crippen LogP contribution is -2.03. The number of alkyl halides is 3. The van der Waals surface area contributed by atoms with Crippen LogP contribution in [0, 0.1) is 0 Å². The second kappa shape index (κ2) is 3.87. The Morgan fingerprint density at radius 2 is 2.12 bits per heavy atom. The molecule has 2 N–H and O–H groups in total. The highest BCUT2D eigenvalue weighted by molar-refractivity contribution is 7.11. The lowest BCUT2D eigenvalue weighted by Gasteiger charge is -2.03. The number of H-pyrrole nitrogens is 1. The smallest absolute Gasteiger partial charge is 0.379 e. The number of nitrogens with zero attached hydrogens (tertiary/aromatic N) is 2. The van der Waals surface area contributed by atoms with E-state index in [9.17, 15) is 18.3 Å². The van der Waals surface area contributed by atoms with Crippen molar-refractivity contribution in [3.63, 3.8) is 0 Å². The van der Waals surface area contributed by atoms with Gasteiger partial charge in [-0.05, 0) is 0 Å². The molecule has 0 bridgehead atoms. The van der Waals surface area contributed by atoms with E-state index in [-0.39, 0.29) is 10.7 Å². The van der Waals surface area contributed by atoms with Crippen LogP contribution in [0.15, 0.2) is 18.6 Å². The first-order valence-corrected chi connectivity index (χ1v) is 5.00. The highest BCUT2D eigenvalue weighted by atomic mass is 32.1. The monoisotopic (exact) mass is 249 g/mol. The van der Waals surface area contributed by atoms with E-state index in [2.05, 4.69) is 15.0 Å². The van der Waals surface area contributed by atoms with Crippen molar-refractivity contribution in [3.8, 4) is 0 Å². The summed E-state index contributed by atoms with van der Waals surface area (Å²) >= 11 is 0.400. The minimum Gasteiger partial charge on any atom is -0.379 e. The number of aromatic nitrogens is 3. The molecule has 0 saturated heterocycles. The molecule has 0 amide bonds. The minimum atomic E-state index is -4.48. The Morgan fingerprint density at radius 3 is 2.62 bits per heavy atom. The fourth-order valence-electron chi connectivity index (χ4n) is 1.11. The maximum Gasteiger partial charge on any atom is 0.443 e. The number of hydrogen-bond acceptors (Lipinski definition) is 4. The van der Waals surface area contributed by atoms with Gasteiger partial charge in [0.1, 0.15) is 11.9 Å². The van der Waals surface area contributed by atoms with Crippen LogP contribution in [0.2, 0.25) is 0 Å². The molecule has 0 aliphatic heterocycles. The molecule has 86 valence electrons. The molecule has 0 aromatic carbocycles. The summed E-state index contributed by atoms with van der Waals surface area (Å²) < 4.78 is 36.7. The molecule has 1 unspecified atom stereocenters. The van der Waals surface area contributed by atoms with Crippen LogP contribution < -0.4 is 0 Å². The summed E-state index contributed by atoms with van der Waals surface area (Å²) in [5.74, 6) is 0.192. The van der Waals surface area contributed by atoms with Crippen LogP contribution >= 0.6 is 11.3 Å². The highest BCUT2D eigenvalue weighted by Crippen LogP contribution is 2.35. The van der Waals surface area contributed by atoms with Crippen LogP contribution in [0.4, 0.5) is 13.2 Å². The van der Waals surface area contributed by atoms with Gasteiger partial charge in [-0.25, -0.2) is 9.97 Å². The Kier molecular flexibility index (Phi) is 2.68. The topological polar surface area (TPSA) is 61.8 Å². The summed E-state index contributed by atoms with van der Waals surface area (Å²) in [5.41, 5.74) is 0. The van der Waals surface area contributed by atoms with Crippen LogP contribution in [-0.4, -0.2) is 20.1 Å². The van der Waals surface area contributed by atoms with Gasteiger partial charge in [0.2, 0.25) is 0 Å². The van der Waals surface area contributed by atoms with Crippen molar-refractivity contribution in [2.24, 2.45) is 0 Å². The number of aromatic amines is 1. The largest absolute Gasteiger partial charge is 0.443 e. The Hall–Kier alpha value is -1.41. The molecule has 1 atom stereocenters. The maximum atomic E-state index is 12.2. The average Bonchev–Trinajstić information content (AvgIpc) is 2.87. The van der Waals surface area contributed by atoms with Gasteiger partial charge in [-0.3, -0.25) is 0 Å². The van der Waals surface area contributed by atoms with E-state index in [0.717, 1.165) is 6.20 Å². The number of halogens is 3. The lowest BCUT2D eigenvalue weighted by atomic mass is 10.3. The molecule has 2 aromatic heterocycles. The van der Waals surface area contributed by atoms with Gasteiger partial charge in [-0.1, -0.05) is 0 Å². The second-order valence-corrected chi connectivity index (χ2v) is 4.00. The molecule has 0 aliphatic carbocycles. The van der Waals surface area contributed by atoms with E-state index in [1.165, 1.54) is 12.4 Å². The SMILES string of the molecule is OC(c1ncc[nH]1)c1cnc(C(F)(F)F)s1. The van der Waals surface area contributed by atoms with Crippen LogP contribution in [0.5, 0.6) is 0 Å². The third-order valence-electron chi connectivity index (χ3n) is 1.81. The first kappa shape index (κ1) is 11.1. The Labute approximate surface area is 91.8 Å². The summed E-state index contributed by atoms with van der Waals surface area (Å²) in [6, 6.07) is 0. The lowest BCUT2D eigenvalue weighted by molar-refractivity contribution is -0.137. The van der Waals surface area contributed by atoms with Gasteiger partial charge in [-0.2, -0.15) is 13.2 Å². The molecule has 0 saturated carbocycles. The van der Waals surface area contributed by atoms with Crippen molar-refractivity contribution in [2.45, 2.75) is 12.3 Å². The van der Waals surface area contributed by atoms with Crippen molar-refractivity contribution < 1.29 is 18.3 Å². The number of aliphatic hydroxyl groups is 1. The summed E-state index contributed by atoms with van der Waals surface area (Å²) in [6.07, 6.45) is -1.80. The molecule has 2 aromatic rings. The zero-order valence-corrected chi connectivity index (χ0v) is 8.51.